The number of fused-ring (bicyclic) bond motifs is 11. The van der Waals surface area contributed by atoms with Crippen LogP contribution >= 0.6 is 0 Å². The first-order valence-electron chi connectivity index (χ1n) is 29.4. The van der Waals surface area contributed by atoms with Crippen molar-refractivity contribution in [3.05, 3.63) is 324 Å². The van der Waals surface area contributed by atoms with E-state index in [1.807, 2.05) is 0 Å². The molecule has 2 heterocycles. The van der Waals surface area contributed by atoms with Crippen molar-refractivity contribution in [2.45, 2.75) is 33.1 Å². The van der Waals surface area contributed by atoms with Gasteiger partial charge in [0.25, 0.3) is 0 Å². The zero-order valence-electron chi connectivity index (χ0n) is 47.8. The lowest BCUT2D eigenvalue weighted by atomic mass is 9.67. The van der Waals surface area contributed by atoms with Gasteiger partial charge in [0.05, 0.1) is 22.5 Å². The Morgan fingerprint density at radius 2 is 0.718 bits per heavy atom. The van der Waals surface area contributed by atoms with Crippen molar-refractivity contribution in [1.29, 1.82) is 0 Å². The molecule has 0 fully saturated rings. The van der Waals surface area contributed by atoms with E-state index < -0.39 is 5.41 Å². The third-order valence-corrected chi connectivity index (χ3v) is 17.9. The van der Waals surface area contributed by atoms with Crippen molar-refractivity contribution in [1.82, 2.24) is 0 Å². The van der Waals surface area contributed by atoms with Gasteiger partial charge in [0.1, 0.15) is 11.2 Å². The molecule has 404 valence electrons. The second-order valence-electron chi connectivity index (χ2n) is 22.9. The summed E-state index contributed by atoms with van der Waals surface area (Å²) in [5.74, 6) is 0. The number of aryl methyl sites for hydroxylation is 4. The summed E-state index contributed by atoms with van der Waals surface area (Å²) in [5.41, 5.74) is 25.0. The highest BCUT2D eigenvalue weighted by molar-refractivity contribution is 6.17. The minimum atomic E-state index is -0.810. The normalized spacial score (nSPS) is 12.6. The van der Waals surface area contributed by atoms with Gasteiger partial charge in [-0.05, 0) is 131 Å². The molecule has 1 aliphatic rings. The first-order chi connectivity index (χ1) is 41.8. The van der Waals surface area contributed by atoms with Gasteiger partial charge in [-0.25, -0.2) is 0 Å². The number of furan rings is 2. The number of benzene rings is 13. The van der Waals surface area contributed by atoms with Crippen LogP contribution in [0.2, 0.25) is 0 Å². The number of nitrogens with zero attached hydrogens (tertiary/aromatic N) is 2. The number of hydrogen-bond acceptors (Lipinski definition) is 4. The average Bonchev–Trinajstić information content (AvgIpc) is 1.60. The van der Waals surface area contributed by atoms with Gasteiger partial charge in [-0.2, -0.15) is 0 Å². The van der Waals surface area contributed by atoms with Crippen LogP contribution in [0.15, 0.2) is 288 Å². The fourth-order valence-corrected chi connectivity index (χ4v) is 14.2. The molecule has 0 radical (unpaired) electrons. The Bertz CT molecular complexity index is 5080. The Labute approximate surface area is 494 Å². The van der Waals surface area contributed by atoms with E-state index in [4.69, 9.17) is 8.83 Å². The molecule has 0 N–H and O–H groups in total. The Morgan fingerprint density at radius 3 is 1.24 bits per heavy atom. The first-order valence-corrected chi connectivity index (χ1v) is 29.4. The zero-order valence-corrected chi connectivity index (χ0v) is 47.8. The largest absolute Gasteiger partial charge is 0.453 e. The molecule has 13 aromatic carbocycles. The van der Waals surface area contributed by atoms with Crippen LogP contribution < -0.4 is 9.80 Å². The molecule has 4 nitrogen and oxygen atoms in total. The van der Waals surface area contributed by atoms with Crippen molar-refractivity contribution >= 4 is 88.8 Å². The summed E-state index contributed by atoms with van der Waals surface area (Å²) in [6, 6.07) is 102. The highest BCUT2D eigenvalue weighted by Crippen LogP contribution is 2.61. The van der Waals surface area contributed by atoms with Crippen molar-refractivity contribution in [2.24, 2.45) is 0 Å². The molecule has 2 aromatic heterocycles. The molecule has 0 bridgehead atoms. The molecule has 0 atom stereocenters. The van der Waals surface area contributed by atoms with E-state index >= 15 is 0 Å². The fraction of sp³-hybridized carbons (Fsp3) is 0.0617. The minimum absolute atomic E-state index is 0.810. The van der Waals surface area contributed by atoms with Gasteiger partial charge in [-0.15, -0.1) is 0 Å². The summed E-state index contributed by atoms with van der Waals surface area (Å²) in [4.78, 5) is 4.92. The first kappa shape index (κ1) is 50.1. The van der Waals surface area contributed by atoms with E-state index in [0.29, 0.717) is 0 Å². The summed E-state index contributed by atoms with van der Waals surface area (Å²) in [7, 11) is 0. The molecule has 0 aliphatic heterocycles. The maximum atomic E-state index is 7.33. The fourth-order valence-electron chi connectivity index (χ4n) is 14.2. The van der Waals surface area contributed by atoms with E-state index in [1.165, 1.54) is 49.9 Å². The molecule has 1 aliphatic carbocycles. The number of para-hydroxylation sites is 4. The molecule has 0 spiro atoms. The second-order valence-corrected chi connectivity index (χ2v) is 22.9. The van der Waals surface area contributed by atoms with Crippen LogP contribution in [0.5, 0.6) is 0 Å². The highest BCUT2D eigenvalue weighted by atomic mass is 16.3. The molecule has 0 unspecified atom stereocenters. The van der Waals surface area contributed by atoms with Gasteiger partial charge in [0.15, 0.2) is 11.2 Å². The second kappa shape index (κ2) is 19.8. The van der Waals surface area contributed by atoms with Crippen LogP contribution in [0.25, 0.3) is 88.0 Å². The van der Waals surface area contributed by atoms with E-state index in [2.05, 4.69) is 317 Å². The van der Waals surface area contributed by atoms with Crippen LogP contribution in [0, 0.1) is 27.7 Å². The summed E-state index contributed by atoms with van der Waals surface area (Å²) < 4.78 is 14.6. The third kappa shape index (κ3) is 7.75. The zero-order chi connectivity index (χ0) is 56.9. The molecule has 0 saturated carbocycles. The Morgan fingerprint density at radius 1 is 0.282 bits per heavy atom. The third-order valence-electron chi connectivity index (χ3n) is 17.9. The Kier molecular flexibility index (Phi) is 11.6. The van der Waals surface area contributed by atoms with Crippen molar-refractivity contribution in [2.75, 3.05) is 9.80 Å². The highest BCUT2D eigenvalue weighted by Gasteiger charge is 2.48. The summed E-state index contributed by atoms with van der Waals surface area (Å²) in [5, 5.41) is 6.61. The SMILES string of the molecule is Cc1ccc(N(c2ccc3c(c2)C(c2ccccc2)(c2ccccc2)c2cc(N(c4ccc(C)cc4C)c4cccc5c4oc4c(-c6ccccc6)cccc45)c4ccccc4c2-3)c2cccc3c2oc2c(-c4ccccc4)cccc23)c(C)c1. The van der Waals surface area contributed by atoms with E-state index in [-0.39, 0.29) is 0 Å². The molecule has 0 amide bonds. The smallest absolute Gasteiger partial charge is 0.159 e. The summed E-state index contributed by atoms with van der Waals surface area (Å²) in [6.07, 6.45) is 0. The number of anilines is 6. The van der Waals surface area contributed by atoms with Gasteiger partial charge < -0.3 is 18.6 Å². The Balaban J connectivity index is 0.990. The number of rotatable bonds is 10. The summed E-state index contributed by atoms with van der Waals surface area (Å²) >= 11 is 0. The Hall–Kier alpha value is -10.7. The van der Waals surface area contributed by atoms with Crippen molar-refractivity contribution in [3.8, 4) is 33.4 Å². The average molecular weight is 1090 g/mol. The predicted molar refractivity (Wildman–Crippen MR) is 355 cm³/mol. The van der Waals surface area contributed by atoms with E-state index in [1.54, 1.807) is 0 Å². The van der Waals surface area contributed by atoms with E-state index in [9.17, 15) is 0 Å². The molecular formula is C81H58N2O2. The van der Waals surface area contributed by atoms with Gasteiger partial charge in [-0.1, -0.05) is 248 Å². The molecule has 4 heteroatoms. The lowest BCUT2D eigenvalue weighted by molar-refractivity contribution is 0.670. The molecule has 16 rings (SSSR count). The standard InChI is InChI=1S/C81H58N2O2/c1-51-41-45-71(53(3)47-51)82(73-39-21-37-66-64-35-19-33-60(77(64)84-79(66)73)55-23-9-5-10-24-55)59-43-44-68-69(49-59)81(57-27-13-7-14-28-57,58-29-15-8-16-30-58)70-50-75(62-31-17-18-32-63(62)76(68)70)83(72-46-42-52(2)48-54(72)4)74-40-22-38-67-65-36-20-34-61(78(65)85-80(67)74)56-25-11-6-12-26-56/h5-50H,1-4H3. The lowest BCUT2D eigenvalue weighted by Crippen LogP contribution is -2.29. The van der Waals surface area contributed by atoms with Crippen LogP contribution in [-0.2, 0) is 5.41 Å². The van der Waals surface area contributed by atoms with Gasteiger partial charge in [-0.3, -0.25) is 0 Å². The molecule has 15 aromatic rings. The monoisotopic (exact) mass is 1090 g/mol. The van der Waals surface area contributed by atoms with Crippen LogP contribution in [0.3, 0.4) is 0 Å². The van der Waals surface area contributed by atoms with Gasteiger partial charge >= 0.3 is 0 Å². The maximum Gasteiger partial charge on any atom is 0.159 e. The molecule has 0 saturated heterocycles. The molecular weight excluding hydrogens is 1030 g/mol. The minimum Gasteiger partial charge on any atom is -0.453 e. The number of hydrogen-bond donors (Lipinski definition) is 0. The molecule has 85 heavy (non-hydrogen) atoms. The predicted octanol–water partition coefficient (Wildman–Crippen LogP) is 22.5. The van der Waals surface area contributed by atoms with E-state index in [0.717, 1.165) is 117 Å². The van der Waals surface area contributed by atoms with Crippen molar-refractivity contribution < 1.29 is 8.83 Å². The van der Waals surface area contributed by atoms with Crippen molar-refractivity contribution in [3.63, 3.8) is 0 Å². The topological polar surface area (TPSA) is 32.8 Å². The van der Waals surface area contributed by atoms with Gasteiger partial charge in [0, 0.05) is 55.1 Å². The maximum absolute atomic E-state index is 7.33. The van der Waals surface area contributed by atoms with Crippen LogP contribution in [-0.4, -0.2) is 0 Å². The lowest BCUT2D eigenvalue weighted by Gasteiger charge is -2.36. The summed E-state index contributed by atoms with van der Waals surface area (Å²) in [6.45, 7) is 8.82. The quantitative estimate of drug-likeness (QED) is 0.137. The van der Waals surface area contributed by atoms with Crippen LogP contribution in [0.4, 0.5) is 34.1 Å². The van der Waals surface area contributed by atoms with Crippen LogP contribution in [0.1, 0.15) is 44.5 Å². The van der Waals surface area contributed by atoms with Gasteiger partial charge in [0.2, 0.25) is 0 Å².